The van der Waals surface area contributed by atoms with Crippen LogP contribution in [0.4, 0.5) is 5.82 Å². The van der Waals surface area contributed by atoms with Crippen LogP contribution in [0.3, 0.4) is 0 Å². The largest absolute Gasteiger partial charge is 0.356 e. The van der Waals surface area contributed by atoms with Crippen molar-refractivity contribution < 1.29 is 14.3 Å². The van der Waals surface area contributed by atoms with Gasteiger partial charge in [-0.25, -0.2) is 9.97 Å². The van der Waals surface area contributed by atoms with Crippen LogP contribution in [-0.2, 0) is 21.6 Å². The lowest BCUT2D eigenvalue weighted by molar-refractivity contribution is -0.169. The van der Waals surface area contributed by atoms with Gasteiger partial charge in [0.05, 0.1) is 13.2 Å². The van der Waals surface area contributed by atoms with E-state index in [9.17, 15) is 4.79 Å². The summed E-state index contributed by atoms with van der Waals surface area (Å²) in [5.74, 6) is 1.02. The molecule has 1 N–H and O–H groups in total. The lowest BCUT2D eigenvalue weighted by Crippen LogP contribution is -2.45. The van der Waals surface area contributed by atoms with E-state index in [4.69, 9.17) is 26.1 Å². The summed E-state index contributed by atoms with van der Waals surface area (Å²) in [6.45, 7) is 3.53. The van der Waals surface area contributed by atoms with E-state index in [2.05, 4.69) is 27.3 Å². The molecule has 0 aliphatic carbocycles. The van der Waals surface area contributed by atoms with Gasteiger partial charge in [0.25, 0.3) is 5.91 Å². The Bertz CT molecular complexity index is 1160. The molecule has 0 saturated carbocycles. The summed E-state index contributed by atoms with van der Waals surface area (Å²) >= 11 is 7.85. The Labute approximate surface area is 220 Å². The molecule has 1 spiro atoms. The van der Waals surface area contributed by atoms with E-state index >= 15 is 0 Å². The van der Waals surface area contributed by atoms with Crippen LogP contribution in [0, 0.1) is 0 Å². The summed E-state index contributed by atoms with van der Waals surface area (Å²) in [4.78, 5) is 23.8. The standard InChI is InChI=1S/C27H29ClN4O3S/c28-23-18-24(32-14-11-27(12-15-32)34-16-17-35-27)31-26(30-23)36-19-21-6-8-22(9-7-21)25(33)29-13-10-20-4-2-1-3-5-20/h1-9,18H,10-17,19H2,(H,29,33). The van der Waals surface area contributed by atoms with Crippen LogP contribution in [0.5, 0.6) is 0 Å². The number of nitrogens with zero attached hydrogens (tertiary/aromatic N) is 3. The highest BCUT2D eigenvalue weighted by atomic mass is 35.5. The van der Waals surface area contributed by atoms with Crippen LogP contribution in [0.2, 0.25) is 5.15 Å². The first kappa shape index (κ1) is 25.0. The van der Waals surface area contributed by atoms with Gasteiger partial charge in [0.2, 0.25) is 0 Å². The first-order valence-electron chi connectivity index (χ1n) is 12.2. The second-order valence-corrected chi connectivity index (χ2v) is 10.2. The fourth-order valence-corrected chi connectivity index (χ4v) is 5.48. The highest BCUT2D eigenvalue weighted by Gasteiger charge is 2.40. The Morgan fingerprint density at radius 2 is 1.72 bits per heavy atom. The number of thioether (sulfide) groups is 1. The molecule has 7 nitrogen and oxygen atoms in total. The third-order valence-electron chi connectivity index (χ3n) is 6.45. The summed E-state index contributed by atoms with van der Waals surface area (Å²) in [5, 5.41) is 4.05. The summed E-state index contributed by atoms with van der Waals surface area (Å²) < 4.78 is 11.6. The van der Waals surface area contributed by atoms with Crippen molar-refractivity contribution in [2.24, 2.45) is 0 Å². The third-order valence-corrected chi connectivity index (χ3v) is 7.56. The van der Waals surface area contributed by atoms with Gasteiger partial charge in [-0.05, 0) is 29.7 Å². The zero-order chi connectivity index (χ0) is 24.8. The second kappa shape index (κ2) is 11.6. The monoisotopic (exact) mass is 524 g/mol. The number of benzene rings is 2. The smallest absolute Gasteiger partial charge is 0.251 e. The molecule has 2 aromatic carbocycles. The van der Waals surface area contributed by atoms with Crippen molar-refractivity contribution in [3.63, 3.8) is 0 Å². The summed E-state index contributed by atoms with van der Waals surface area (Å²) in [6.07, 6.45) is 2.43. The third kappa shape index (κ3) is 6.37. The number of halogens is 1. The van der Waals surface area contributed by atoms with Crippen molar-refractivity contribution in [1.82, 2.24) is 15.3 Å². The Morgan fingerprint density at radius 3 is 2.44 bits per heavy atom. The maximum absolute atomic E-state index is 12.5. The number of hydrogen-bond donors (Lipinski definition) is 1. The Kier molecular flexibility index (Phi) is 8.06. The molecule has 3 aromatic rings. The van der Waals surface area contributed by atoms with E-state index in [0.717, 1.165) is 43.7 Å². The second-order valence-electron chi connectivity index (χ2n) is 8.90. The number of carbonyl (C=O) groups excluding carboxylic acids is 1. The normalized spacial score (nSPS) is 16.9. The molecule has 188 valence electrons. The molecule has 3 heterocycles. The predicted octanol–water partition coefficient (Wildman–Crippen LogP) is 4.74. The number of anilines is 1. The topological polar surface area (TPSA) is 76.6 Å². The predicted molar refractivity (Wildman–Crippen MR) is 142 cm³/mol. The molecule has 0 atom stereocenters. The molecule has 0 bridgehead atoms. The van der Waals surface area contributed by atoms with E-state index in [1.54, 1.807) is 0 Å². The molecule has 36 heavy (non-hydrogen) atoms. The molecule has 5 rings (SSSR count). The molecule has 0 unspecified atom stereocenters. The first-order chi connectivity index (χ1) is 17.6. The number of rotatable bonds is 8. The van der Waals surface area contributed by atoms with Gasteiger partial charge in [-0.3, -0.25) is 4.79 Å². The molecule has 1 aromatic heterocycles. The minimum atomic E-state index is -0.421. The average molecular weight is 525 g/mol. The number of carbonyl (C=O) groups is 1. The molecule has 2 aliphatic heterocycles. The fraction of sp³-hybridized carbons (Fsp3) is 0.370. The Morgan fingerprint density at radius 1 is 1.00 bits per heavy atom. The maximum Gasteiger partial charge on any atom is 0.251 e. The van der Waals surface area contributed by atoms with E-state index < -0.39 is 5.79 Å². The van der Waals surface area contributed by atoms with Gasteiger partial charge in [0.1, 0.15) is 11.0 Å². The number of nitrogens with one attached hydrogen (secondary N) is 1. The summed E-state index contributed by atoms with van der Waals surface area (Å²) in [5.41, 5.74) is 2.94. The van der Waals surface area contributed by atoms with Crippen LogP contribution in [-0.4, -0.2) is 54.5 Å². The highest BCUT2D eigenvalue weighted by molar-refractivity contribution is 7.98. The molecule has 2 aliphatic rings. The Balaban J connectivity index is 1.12. The van der Waals surface area contributed by atoms with Crippen LogP contribution in [0.15, 0.2) is 65.8 Å². The molecule has 1 amide bonds. The van der Waals surface area contributed by atoms with E-state index in [0.29, 0.717) is 41.4 Å². The molecule has 0 radical (unpaired) electrons. The lowest BCUT2D eigenvalue weighted by Gasteiger charge is -2.38. The van der Waals surface area contributed by atoms with Crippen molar-refractivity contribution in [3.05, 3.63) is 82.5 Å². The number of aromatic nitrogens is 2. The zero-order valence-electron chi connectivity index (χ0n) is 20.0. The van der Waals surface area contributed by atoms with E-state index in [1.807, 2.05) is 48.5 Å². The van der Waals surface area contributed by atoms with Crippen LogP contribution < -0.4 is 10.2 Å². The van der Waals surface area contributed by atoms with Gasteiger partial charge < -0.3 is 19.7 Å². The molecule has 2 saturated heterocycles. The summed E-state index contributed by atoms with van der Waals surface area (Å²) in [7, 11) is 0. The van der Waals surface area contributed by atoms with E-state index in [-0.39, 0.29) is 5.91 Å². The molecule has 2 fully saturated rings. The SMILES string of the molecule is O=C(NCCc1ccccc1)c1ccc(CSc2nc(Cl)cc(N3CCC4(CC3)OCCO4)n2)cc1. The van der Waals surface area contributed by atoms with Crippen molar-refractivity contribution in [3.8, 4) is 0 Å². The van der Waals surface area contributed by atoms with Gasteiger partial charge in [0.15, 0.2) is 10.9 Å². The number of hydrogen-bond acceptors (Lipinski definition) is 7. The van der Waals surface area contributed by atoms with E-state index in [1.165, 1.54) is 17.3 Å². The zero-order valence-corrected chi connectivity index (χ0v) is 21.6. The quantitative estimate of drug-likeness (QED) is 0.259. The number of amides is 1. The fourth-order valence-electron chi connectivity index (χ4n) is 4.44. The van der Waals surface area contributed by atoms with Crippen LogP contribution >= 0.6 is 23.4 Å². The van der Waals surface area contributed by atoms with Gasteiger partial charge in [-0.2, -0.15) is 0 Å². The Hall–Kier alpha value is -2.65. The van der Waals surface area contributed by atoms with Crippen LogP contribution in [0.25, 0.3) is 0 Å². The summed E-state index contributed by atoms with van der Waals surface area (Å²) in [6, 6.07) is 19.6. The van der Waals surface area contributed by atoms with Crippen molar-refractivity contribution in [1.29, 1.82) is 0 Å². The number of piperidine rings is 1. The van der Waals surface area contributed by atoms with Gasteiger partial charge in [0, 0.05) is 49.9 Å². The number of ether oxygens (including phenoxy) is 2. The van der Waals surface area contributed by atoms with Crippen molar-refractivity contribution >= 4 is 35.1 Å². The van der Waals surface area contributed by atoms with Crippen LogP contribution in [0.1, 0.15) is 34.3 Å². The first-order valence-corrected chi connectivity index (χ1v) is 13.6. The minimum Gasteiger partial charge on any atom is -0.356 e. The molecular weight excluding hydrogens is 496 g/mol. The van der Waals surface area contributed by atoms with Gasteiger partial charge >= 0.3 is 0 Å². The molecule has 9 heteroatoms. The molecular formula is C27H29ClN4O3S. The highest BCUT2D eigenvalue weighted by Crippen LogP contribution is 2.33. The minimum absolute atomic E-state index is 0.0651. The average Bonchev–Trinajstić information content (AvgIpc) is 3.36. The maximum atomic E-state index is 12.5. The van der Waals surface area contributed by atoms with Gasteiger partial charge in [-0.15, -0.1) is 0 Å². The van der Waals surface area contributed by atoms with Gasteiger partial charge in [-0.1, -0.05) is 65.8 Å². The lowest BCUT2D eigenvalue weighted by atomic mass is 10.0. The van der Waals surface area contributed by atoms with Crippen molar-refractivity contribution in [2.45, 2.75) is 36.0 Å². The van der Waals surface area contributed by atoms with Crippen molar-refractivity contribution in [2.75, 3.05) is 37.7 Å².